The molecule has 0 fully saturated rings. The van der Waals surface area contributed by atoms with E-state index in [0.717, 1.165) is 36.6 Å². The topological polar surface area (TPSA) is 57.2 Å². The summed E-state index contributed by atoms with van der Waals surface area (Å²) >= 11 is 0. The second-order valence-corrected chi connectivity index (χ2v) is 4.67. The molecule has 0 aliphatic carbocycles. The molecule has 0 saturated carbocycles. The highest BCUT2D eigenvalue weighted by Crippen LogP contribution is 2.13. The molecule has 0 aliphatic heterocycles. The smallest absolute Gasteiger partial charge is 0.259 e. The molecule has 0 saturated heterocycles. The molecule has 1 heterocycles. The molecule has 19 heavy (non-hydrogen) atoms. The van der Waals surface area contributed by atoms with Gasteiger partial charge in [0.25, 0.3) is 5.56 Å². The number of pyridine rings is 1. The van der Waals surface area contributed by atoms with Crippen molar-refractivity contribution >= 4 is 16.6 Å². The first-order valence-electron chi connectivity index (χ1n) is 6.61. The highest BCUT2D eigenvalue weighted by atomic mass is 16.5. The van der Waals surface area contributed by atoms with Crippen LogP contribution in [0.5, 0.6) is 0 Å². The maximum Gasteiger partial charge on any atom is 0.259 e. The standard InChI is InChI=1S/C15H20N2O2/c1-19-10-6-2-5-9-17-14(16)11-12-7-3-4-8-13(12)15(17)18/h3-4,7-8,11H,2,5-6,9-10,16H2,1H3. The lowest BCUT2D eigenvalue weighted by Crippen LogP contribution is -2.23. The Morgan fingerprint density at radius 2 is 2.00 bits per heavy atom. The number of aromatic nitrogens is 1. The Labute approximate surface area is 112 Å². The van der Waals surface area contributed by atoms with E-state index in [1.807, 2.05) is 30.3 Å². The molecule has 1 aromatic heterocycles. The number of anilines is 1. The Hall–Kier alpha value is -1.81. The third-order valence-corrected chi connectivity index (χ3v) is 3.28. The van der Waals surface area contributed by atoms with Gasteiger partial charge in [-0.25, -0.2) is 0 Å². The molecular weight excluding hydrogens is 240 g/mol. The highest BCUT2D eigenvalue weighted by Gasteiger charge is 2.06. The first-order chi connectivity index (χ1) is 9.24. The zero-order valence-corrected chi connectivity index (χ0v) is 11.3. The van der Waals surface area contributed by atoms with Gasteiger partial charge in [0, 0.05) is 25.6 Å². The van der Waals surface area contributed by atoms with E-state index in [9.17, 15) is 4.79 Å². The van der Waals surface area contributed by atoms with Crippen molar-refractivity contribution in [3.63, 3.8) is 0 Å². The van der Waals surface area contributed by atoms with E-state index < -0.39 is 0 Å². The molecule has 0 atom stereocenters. The first kappa shape index (κ1) is 13.6. The lowest BCUT2D eigenvalue weighted by molar-refractivity contribution is 0.191. The average molecular weight is 260 g/mol. The lowest BCUT2D eigenvalue weighted by atomic mass is 10.1. The molecular formula is C15H20N2O2. The number of nitrogen functional groups attached to an aromatic ring is 1. The van der Waals surface area contributed by atoms with Gasteiger partial charge in [0.15, 0.2) is 0 Å². The molecule has 0 amide bonds. The van der Waals surface area contributed by atoms with Gasteiger partial charge in [0.2, 0.25) is 0 Å². The van der Waals surface area contributed by atoms with Gasteiger partial charge in [0.1, 0.15) is 5.82 Å². The van der Waals surface area contributed by atoms with Gasteiger partial charge in [-0.05, 0) is 36.8 Å². The van der Waals surface area contributed by atoms with Crippen LogP contribution >= 0.6 is 0 Å². The van der Waals surface area contributed by atoms with Crippen LogP contribution in [0.4, 0.5) is 5.82 Å². The Morgan fingerprint density at radius 3 is 2.79 bits per heavy atom. The van der Waals surface area contributed by atoms with Crippen LogP contribution in [0.1, 0.15) is 19.3 Å². The number of hydrogen-bond donors (Lipinski definition) is 1. The van der Waals surface area contributed by atoms with Crippen LogP contribution in [0.15, 0.2) is 35.1 Å². The number of ether oxygens (including phenoxy) is 1. The van der Waals surface area contributed by atoms with Crippen LogP contribution in [0.3, 0.4) is 0 Å². The summed E-state index contributed by atoms with van der Waals surface area (Å²) in [5, 5.41) is 1.63. The second kappa shape index (κ2) is 6.38. The summed E-state index contributed by atoms with van der Waals surface area (Å²) in [7, 11) is 1.70. The summed E-state index contributed by atoms with van der Waals surface area (Å²) in [5.74, 6) is 0.537. The second-order valence-electron chi connectivity index (χ2n) is 4.67. The maximum atomic E-state index is 12.3. The number of fused-ring (bicyclic) bond motifs is 1. The quantitative estimate of drug-likeness (QED) is 0.811. The van der Waals surface area contributed by atoms with Gasteiger partial charge in [0.05, 0.1) is 0 Å². The van der Waals surface area contributed by atoms with Gasteiger partial charge >= 0.3 is 0 Å². The number of benzene rings is 1. The minimum atomic E-state index is 0.00217. The van der Waals surface area contributed by atoms with Crippen LogP contribution < -0.4 is 11.3 Å². The summed E-state index contributed by atoms with van der Waals surface area (Å²) in [5.41, 5.74) is 5.97. The van der Waals surface area contributed by atoms with Crippen LogP contribution in [-0.4, -0.2) is 18.3 Å². The zero-order chi connectivity index (χ0) is 13.7. The van der Waals surface area contributed by atoms with Crippen molar-refractivity contribution in [1.82, 2.24) is 4.57 Å². The molecule has 2 N–H and O–H groups in total. The van der Waals surface area contributed by atoms with Gasteiger partial charge in [-0.2, -0.15) is 0 Å². The molecule has 4 nitrogen and oxygen atoms in total. The predicted octanol–water partition coefficient (Wildman–Crippen LogP) is 2.40. The minimum absolute atomic E-state index is 0.00217. The van der Waals surface area contributed by atoms with E-state index in [-0.39, 0.29) is 5.56 Å². The minimum Gasteiger partial charge on any atom is -0.385 e. The number of hydrogen-bond acceptors (Lipinski definition) is 3. The largest absolute Gasteiger partial charge is 0.385 e. The molecule has 2 aromatic rings. The third-order valence-electron chi connectivity index (χ3n) is 3.28. The van der Waals surface area contributed by atoms with Crippen LogP contribution in [0, 0.1) is 0 Å². The molecule has 0 spiro atoms. The highest BCUT2D eigenvalue weighted by molar-refractivity contribution is 5.83. The molecule has 1 aromatic carbocycles. The summed E-state index contributed by atoms with van der Waals surface area (Å²) in [6.07, 6.45) is 2.98. The van der Waals surface area contributed by atoms with Crippen LogP contribution in [0.25, 0.3) is 10.8 Å². The fraction of sp³-hybridized carbons (Fsp3) is 0.400. The van der Waals surface area contributed by atoms with Crippen LogP contribution in [0.2, 0.25) is 0 Å². The van der Waals surface area contributed by atoms with Crippen molar-refractivity contribution in [3.05, 3.63) is 40.7 Å². The molecule has 4 heteroatoms. The van der Waals surface area contributed by atoms with Gasteiger partial charge in [-0.3, -0.25) is 9.36 Å². The average Bonchev–Trinajstić information content (AvgIpc) is 2.42. The molecule has 0 unspecified atom stereocenters. The first-order valence-corrected chi connectivity index (χ1v) is 6.61. The van der Waals surface area contributed by atoms with E-state index in [2.05, 4.69) is 0 Å². The van der Waals surface area contributed by atoms with Crippen molar-refractivity contribution in [1.29, 1.82) is 0 Å². The van der Waals surface area contributed by atoms with Crippen molar-refractivity contribution in [2.75, 3.05) is 19.5 Å². The Bertz CT molecular complexity index is 605. The summed E-state index contributed by atoms with van der Waals surface area (Å²) in [6.45, 7) is 1.43. The third kappa shape index (κ3) is 3.15. The monoisotopic (exact) mass is 260 g/mol. The molecule has 0 aliphatic rings. The normalized spacial score (nSPS) is 11.0. The lowest BCUT2D eigenvalue weighted by Gasteiger charge is -2.11. The fourth-order valence-electron chi connectivity index (χ4n) is 2.24. The van der Waals surface area contributed by atoms with Crippen molar-refractivity contribution in [3.8, 4) is 0 Å². The fourth-order valence-corrected chi connectivity index (χ4v) is 2.24. The van der Waals surface area contributed by atoms with E-state index in [4.69, 9.17) is 10.5 Å². The number of nitrogens with zero attached hydrogens (tertiary/aromatic N) is 1. The van der Waals surface area contributed by atoms with Crippen molar-refractivity contribution < 1.29 is 4.74 Å². The van der Waals surface area contributed by atoms with E-state index >= 15 is 0 Å². The van der Waals surface area contributed by atoms with Gasteiger partial charge in [-0.1, -0.05) is 18.2 Å². The van der Waals surface area contributed by atoms with Crippen LogP contribution in [-0.2, 0) is 11.3 Å². The Morgan fingerprint density at radius 1 is 1.21 bits per heavy atom. The summed E-state index contributed by atoms with van der Waals surface area (Å²) in [4.78, 5) is 12.3. The number of nitrogens with two attached hydrogens (primary N) is 1. The number of unbranched alkanes of at least 4 members (excludes halogenated alkanes) is 2. The van der Waals surface area contributed by atoms with E-state index in [1.54, 1.807) is 11.7 Å². The Balaban J connectivity index is 2.16. The summed E-state index contributed by atoms with van der Waals surface area (Å²) in [6, 6.07) is 9.42. The summed E-state index contributed by atoms with van der Waals surface area (Å²) < 4.78 is 6.67. The van der Waals surface area contributed by atoms with Gasteiger partial charge in [-0.15, -0.1) is 0 Å². The molecule has 0 bridgehead atoms. The van der Waals surface area contributed by atoms with E-state index in [0.29, 0.717) is 12.4 Å². The molecule has 102 valence electrons. The van der Waals surface area contributed by atoms with Gasteiger partial charge < -0.3 is 10.5 Å². The maximum absolute atomic E-state index is 12.3. The molecule has 0 radical (unpaired) electrons. The zero-order valence-electron chi connectivity index (χ0n) is 11.3. The number of rotatable bonds is 6. The molecule has 2 rings (SSSR count). The Kier molecular flexibility index (Phi) is 4.58. The number of methoxy groups -OCH3 is 1. The SMILES string of the molecule is COCCCCCn1c(N)cc2ccccc2c1=O. The van der Waals surface area contributed by atoms with Crippen molar-refractivity contribution in [2.24, 2.45) is 0 Å². The van der Waals surface area contributed by atoms with E-state index in [1.165, 1.54) is 0 Å². The predicted molar refractivity (Wildman–Crippen MR) is 78.3 cm³/mol. The van der Waals surface area contributed by atoms with Crippen molar-refractivity contribution in [2.45, 2.75) is 25.8 Å².